The molecule has 0 atom stereocenters. The summed E-state index contributed by atoms with van der Waals surface area (Å²) in [5, 5.41) is 10.6. The number of hydrogen-bond donors (Lipinski definition) is 1. The van der Waals surface area contributed by atoms with Gasteiger partial charge in [-0.2, -0.15) is 0 Å². The van der Waals surface area contributed by atoms with Crippen molar-refractivity contribution in [2.75, 3.05) is 5.75 Å². The van der Waals surface area contributed by atoms with Gasteiger partial charge in [0.25, 0.3) is 0 Å². The summed E-state index contributed by atoms with van der Waals surface area (Å²) in [6, 6.07) is 4.15. The third-order valence-electron chi connectivity index (χ3n) is 2.04. The number of thioether (sulfide) groups is 1. The molecule has 15 heavy (non-hydrogen) atoms. The minimum Gasteiger partial charge on any atom is -0.390 e. The lowest BCUT2D eigenvalue weighted by atomic mass is 10.1. The SMILES string of the molecule is Cc1cc(C)nc(SCCC(C)(C)O)c1. The van der Waals surface area contributed by atoms with Gasteiger partial charge in [0.2, 0.25) is 0 Å². The molecule has 0 aliphatic rings. The van der Waals surface area contributed by atoms with Crippen molar-refractivity contribution in [2.24, 2.45) is 0 Å². The molecule has 1 rings (SSSR count). The van der Waals surface area contributed by atoms with Crippen LogP contribution < -0.4 is 0 Å². The summed E-state index contributed by atoms with van der Waals surface area (Å²) in [6.07, 6.45) is 0.784. The first-order chi connectivity index (χ1) is 6.87. The largest absolute Gasteiger partial charge is 0.390 e. The van der Waals surface area contributed by atoms with E-state index in [2.05, 4.69) is 24.0 Å². The van der Waals surface area contributed by atoms with Gasteiger partial charge in [0.15, 0.2) is 0 Å². The highest BCUT2D eigenvalue weighted by Gasteiger charge is 2.12. The summed E-state index contributed by atoms with van der Waals surface area (Å²) in [5.41, 5.74) is 1.72. The van der Waals surface area contributed by atoms with Crippen LogP contribution in [0.3, 0.4) is 0 Å². The average molecular weight is 225 g/mol. The first kappa shape index (κ1) is 12.5. The predicted octanol–water partition coefficient (Wildman–Crippen LogP) is 2.95. The molecule has 1 aromatic rings. The number of pyridine rings is 1. The zero-order chi connectivity index (χ0) is 11.5. The van der Waals surface area contributed by atoms with E-state index in [0.29, 0.717) is 0 Å². The molecule has 0 aromatic carbocycles. The highest BCUT2D eigenvalue weighted by Crippen LogP contribution is 2.21. The van der Waals surface area contributed by atoms with Crippen LogP contribution in [0.15, 0.2) is 17.2 Å². The van der Waals surface area contributed by atoms with Crippen LogP contribution in [0, 0.1) is 13.8 Å². The molecule has 0 unspecified atom stereocenters. The quantitative estimate of drug-likeness (QED) is 0.800. The van der Waals surface area contributed by atoms with Crippen LogP contribution in [-0.4, -0.2) is 21.4 Å². The van der Waals surface area contributed by atoms with E-state index in [1.54, 1.807) is 11.8 Å². The Labute approximate surface area is 96.1 Å². The van der Waals surface area contributed by atoms with E-state index in [1.807, 2.05) is 20.8 Å². The molecule has 0 saturated carbocycles. The minimum absolute atomic E-state index is 0.578. The Morgan fingerprint density at radius 3 is 2.53 bits per heavy atom. The summed E-state index contributed by atoms with van der Waals surface area (Å²) in [6.45, 7) is 7.76. The number of nitrogens with zero attached hydrogens (tertiary/aromatic N) is 1. The molecule has 0 spiro atoms. The van der Waals surface area contributed by atoms with Crippen molar-refractivity contribution in [3.63, 3.8) is 0 Å². The summed E-state index contributed by atoms with van der Waals surface area (Å²) in [4.78, 5) is 4.43. The second kappa shape index (κ2) is 4.99. The molecule has 3 heteroatoms. The fraction of sp³-hybridized carbons (Fsp3) is 0.583. The number of hydrogen-bond acceptors (Lipinski definition) is 3. The van der Waals surface area contributed by atoms with Gasteiger partial charge in [-0.15, -0.1) is 11.8 Å². The van der Waals surface area contributed by atoms with Gasteiger partial charge < -0.3 is 5.11 Å². The highest BCUT2D eigenvalue weighted by molar-refractivity contribution is 7.99. The normalized spacial score (nSPS) is 11.8. The molecule has 0 aliphatic heterocycles. The van der Waals surface area contributed by atoms with Crippen LogP contribution in [0.5, 0.6) is 0 Å². The van der Waals surface area contributed by atoms with Crippen LogP contribution in [0.2, 0.25) is 0 Å². The molecule has 0 amide bonds. The predicted molar refractivity (Wildman–Crippen MR) is 65.3 cm³/mol. The summed E-state index contributed by atoms with van der Waals surface area (Å²) in [7, 11) is 0. The lowest BCUT2D eigenvalue weighted by molar-refractivity contribution is 0.0777. The first-order valence-corrected chi connectivity index (χ1v) is 6.16. The molecule has 1 aromatic heterocycles. The maximum atomic E-state index is 9.57. The molecule has 0 bridgehead atoms. The van der Waals surface area contributed by atoms with E-state index in [-0.39, 0.29) is 0 Å². The smallest absolute Gasteiger partial charge is 0.0965 e. The fourth-order valence-electron chi connectivity index (χ4n) is 1.28. The van der Waals surface area contributed by atoms with Crippen LogP contribution >= 0.6 is 11.8 Å². The third kappa shape index (κ3) is 5.19. The van der Waals surface area contributed by atoms with Crippen molar-refractivity contribution in [2.45, 2.75) is 44.7 Å². The van der Waals surface area contributed by atoms with Crippen LogP contribution in [-0.2, 0) is 0 Å². The summed E-state index contributed by atoms with van der Waals surface area (Å²) >= 11 is 1.70. The van der Waals surface area contributed by atoms with Crippen molar-refractivity contribution in [3.8, 4) is 0 Å². The maximum absolute atomic E-state index is 9.57. The minimum atomic E-state index is -0.578. The summed E-state index contributed by atoms with van der Waals surface area (Å²) in [5.74, 6) is 0.902. The van der Waals surface area contributed by atoms with E-state index in [0.717, 1.165) is 22.9 Å². The van der Waals surface area contributed by atoms with E-state index in [4.69, 9.17) is 0 Å². The van der Waals surface area contributed by atoms with Gasteiger partial charge in [-0.05, 0) is 51.8 Å². The number of aromatic nitrogens is 1. The molecule has 0 radical (unpaired) electrons. The average Bonchev–Trinajstić information content (AvgIpc) is 1.99. The van der Waals surface area contributed by atoms with E-state index in [9.17, 15) is 5.11 Å². The van der Waals surface area contributed by atoms with Gasteiger partial charge in [-0.1, -0.05) is 0 Å². The molecule has 84 valence electrons. The Kier molecular flexibility index (Phi) is 4.17. The van der Waals surface area contributed by atoms with Crippen molar-refractivity contribution in [1.29, 1.82) is 0 Å². The summed E-state index contributed by atoms with van der Waals surface area (Å²) < 4.78 is 0. The first-order valence-electron chi connectivity index (χ1n) is 5.17. The molecule has 2 nitrogen and oxygen atoms in total. The van der Waals surface area contributed by atoms with Crippen molar-refractivity contribution < 1.29 is 5.11 Å². The Hall–Kier alpha value is -0.540. The monoisotopic (exact) mass is 225 g/mol. The topological polar surface area (TPSA) is 33.1 Å². The highest BCUT2D eigenvalue weighted by atomic mass is 32.2. The Morgan fingerprint density at radius 2 is 2.00 bits per heavy atom. The lowest BCUT2D eigenvalue weighted by Gasteiger charge is -2.16. The molecular formula is C12H19NOS. The number of rotatable bonds is 4. The zero-order valence-corrected chi connectivity index (χ0v) is 10.7. The second-order valence-electron chi connectivity index (χ2n) is 4.54. The number of aliphatic hydroxyl groups is 1. The van der Waals surface area contributed by atoms with E-state index < -0.39 is 5.60 Å². The van der Waals surface area contributed by atoms with Crippen molar-refractivity contribution in [1.82, 2.24) is 4.98 Å². The van der Waals surface area contributed by atoms with Gasteiger partial charge in [-0.25, -0.2) is 4.98 Å². The Balaban J connectivity index is 2.51. The van der Waals surface area contributed by atoms with Gasteiger partial charge in [0.1, 0.15) is 0 Å². The molecule has 0 fully saturated rings. The molecule has 0 aliphatic carbocycles. The maximum Gasteiger partial charge on any atom is 0.0965 e. The van der Waals surface area contributed by atoms with Gasteiger partial charge >= 0.3 is 0 Å². The molecular weight excluding hydrogens is 206 g/mol. The van der Waals surface area contributed by atoms with Crippen LogP contribution in [0.1, 0.15) is 31.5 Å². The van der Waals surface area contributed by atoms with Gasteiger partial charge in [0, 0.05) is 11.4 Å². The van der Waals surface area contributed by atoms with Crippen LogP contribution in [0.4, 0.5) is 0 Å². The van der Waals surface area contributed by atoms with Crippen LogP contribution in [0.25, 0.3) is 0 Å². The molecule has 0 saturated heterocycles. The van der Waals surface area contributed by atoms with Crippen molar-refractivity contribution >= 4 is 11.8 Å². The molecule has 1 N–H and O–H groups in total. The van der Waals surface area contributed by atoms with Crippen molar-refractivity contribution in [3.05, 3.63) is 23.4 Å². The Morgan fingerprint density at radius 1 is 1.33 bits per heavy atom. The standard InChI is InChI=1S/C12H19NOS/c1-9-7-10(2)13-11(8-9)15-6-5-12(3,4)14/h7-8,14H,5-6H2,1-4H3. The Bertz CT molecular complexity index is 311. The van der Waals surface area contributed by atoms with Gasteiger partial charge in [-0.3, -0.25) is 0 Å². The van der Waals surface area contributed by atoms with E-state index >= 15 is 0 Å². The lowest BCUT2D eigenvalue weighted by Crippen LogP contribution is -2.19. The zero-order valence-electron chi connectivity index (χ0n) is 9.87. The van der Waals surface area contributed by atoms with E-state index in [1.165, 1.54) is 5.56 Å². The second-order valence-corrected chi connectivity index (χ2v) is 5.65. The fourth-order valence-corrected chi connectivity index (χ4v) is 2.57. The third-order valence-corrected chi connectivity index (χ3v) is 2.95. The van der Waals surface area contributed by atoms with Gasteiger partial charge in [0.05, 0.1) is 10.6 Å². The molecule has 1 heterocycles. The number of aryl methyl sites for hydroxylation is 2.